The van der Waals surface area contributed by atoms with Crippen molar-refractivity contribution < 1.29 is 27.9 Å². The smallest absolute Gasteiger partial charge is 0.416 e. The zero-order valence-electron chi connectivity index (χ0n) is 10.1. The summed E-state index contributed by atoms with van der Waals surface area (Å²) in [4.78, 5) is 23.2. The summed E-state index contributed by atoms with van der Waals surface area (Å²) in [7, 11) is 1.34. The normalized spacial score (nSPS) is 11.2. The minimum absolute atomic E-state index is 0.0651. The molecule has 0 aliphatic heterocycles. The zero-order chi connectivity index (χ0) is 14.6. The van der Waals surface area contributed by atoms with E-state index in [1.165, 1.54) is 13.1 Å². The topological polar surface area (TPSA) is 57.6 Å². The van der Waals surface area contributed by atoms with Crippen molar-refractivity contribution in [2.45, 2.75) is 12.6 Å². The largest absolute Gasteiger partial charge is 0.481 e. The molecule has 0 spiro atoms. The molecule has 0 heterocycles. The second-order valence-electron chi connectivity index (χ2n) is 3.95. The van der Waals surface area contributed by atoms with Gasteiger partial charge in [-0.3, -0.25) is 9.59 Å². The first-order chi connectivity index (χ1) is 8.71. The molecule has 19 heavy (non-hydrogen) atoms. The predicted molar refractivity (Wildman–Crippen MR) is 60.7 cm³/mol. The second-order valence-corrected chi connectivity index (χ2v) is 3.95. The highest BCUT2D eigenvalue weighted by Gasteiger charge is 2.31. The second kappa shape index (κ2) is 5.73. The summed E-state index contributed by atoms with van der Waals surface area (Å²) in [5.41, 5.74) is -1.03. The molecule has 0 saturated heterocycles. The van der Waals surface area contributed by atoms with Crippen LogP contribution in [0.25, 0.3) is 0 Å². The van der Waals surface area contributed by atoms with E-state index in [2.05, 4.69) is 0 Å². The van der Waals surface area contributed by atoms with Gasteiger partial charge < -0.3 is 10.0 Å². The fourth-order valence-electron chi connectivity index (χ4n) is 1.41. The average Bonchev–Trinajstić information content (AvgIpc) is 2.34. The van der Waals surface area contributed by atoms with Crippen LogP contribution < -0.4 is 0 Å². The summed E-state index contributed by atoms with van der Waals surface area (Å²) >= 11 is 0. The predicted octanol–water partition coefficient (Wildman–Crippen LogP) is 2.25. The maximum absolute atomic E-state index is 12.5. The Bertz CT molecular complexity index is 485. The van der Waals surface area contributed by atoms with Crippen LogP contribution in [0.4, 0.5) is 13.2 Å². The van der Waals surface area contributed by atoms with Gasteiger partial charge in [-0.1, -0.05) is 6.07 Å². The highest BCUT2D eigenvalue weighted by molar-refractivity contribution is 5.94. The van der Waals surface area contributed by atoms with Crippen LogP contribution in [0.15, 0.2) is 24.3 Å². The van der Waals surface area contributed by atoms with E-state index in [0.29, 0.717) is 0 Å². The molecule has 4 nitrogen and oxygen atoms in total. The molecule has 0 unspecified atom stereocenters. The van der Waals surface area contributed by atoms with E-state index >= 15 is 0 Å². The van der Waals surface area contributed by atoms with Gasteiger partial charge in [-0.05, 0) is 18.2 Å². The molecule has 0 fully saturated rings. The van der Waals surface area contributed by atoms with Crippen molar-refractivity contribution >= 4 is 11.9 Å². The number of hydrogen-bond acceptors (Lipinski definition) is 2. The van der Waals surface area contributed by atoms with Gasteiger partial charge in [-0.25, -0.2) is 0 Å². The van der Waals surface area contributed by atoms with E-state index < -0.39 is 23.6 Å². The fourth-order valence-corrected chi connectivity index (χ4v) is 1.41. The van der Waals surface area contributed by atoms with Gasteiger partial charge in [0, 0.05) is 19.2 Å². The number of aliphatic carboxylic acids is 1. The highest BCUT2D eigenvalue weighted by atomic mass is 19.4. The van der Waals surface area contributed by atoms with Crippen LogP contribution in [-0.4, -0.2) is 35.5 Å². The summed E-state index contributed by atoms with van der Waals surface area (Å²) < 4.78 is 37.5. The van der Waals surface area contributed by atoms with Crippen LogP contribution in [0.5, 0.6) is 0 Å². The molecule has 0 aromatic heterocycles. The number of carboxylic acid groups (broad SMARTS) is 1. The number of carbonyl (C=O) groups is 2. The van der Waals surface area contributed by atoms with Gasteiger partial charge in [-0.15, -0.1) is 0 Å². The first kappa shape index (κ1) is 15.0. The highest BCUT2D eigenvalue weighted by Crippen LogP contribution is 2.29. The van der Waals surface area contributed by atoms with Crippen molar-refractivity contribution in [3.63, 3.8) is 0 Å². The molecular formula is C12H12F3NO3. The SMILES string of the molecule is CN(CCC(=O)O)C(=O)c1cccc(C(F)(F)F)c1. The Balaban J connectivity index is 2.85. The Hall–Kier alpha value is -2.05. The molecule has 0 atom stereocenters. The van der Waals surface area contributed by atoms with Gasteiger partial charge in [0.05, 0.1) is 12.0 Å². The lowest BCUT2D eigenvalue weighted by Crippen LogP contribution is -2.29. The van der Waals surface area contributed by atoms with Crippen molar-refractivity contribution in [2.24, 2.45) is 0 Å². The summed E-state index contributed by atoms with van der Waals surface area (Å²) in [5.74, 6) is -1.73. The van der Waals surface area contributed by atoms with Gasteiger partial charge in [0.2, 0.25) is 0 Å². The molecular weight excluding hydrogens is 263 g/mol. The average molecular weight is 275 g/mol. The van der Waals surface area contributed by atoms with Crippen LogP contribution in [0.3, 0.4) is 0 Å². The quantitative estimate of drug-likeness (QED) is 0.916. The van der Waals surface area contributed by atoms with Crippen LogP contribution >= 0.6 is 0 Å². The van der Waals surface area contributed by atoms with E-state index in [9.17, 15) is 22.8 Å². The lowest BCUT2D eigenvalue weighted by molar-refractivity contribution is -0.138. The Morgan fingerprint density at radius 3 is 2.47 bits per heavy atom. The van der Waals surface area contributed by atoms with Gasteiger partial charge in [0.15, 0.2) is 0 Å². The van der Waals surface area contributed by atoms with Gasteiger partial charge in [0.1, 0.15) is 0 Å². The number of alkyl halides is 3. The van der Waals surface area contributed by atoms with Crippen LogP contribution in [-0.2, 0) is 11.0 Å². The van der Waals surface area contributed by atoms with E-state index in [1.54, 1.807) is 0 Å². The molecule has 7 heteroatoms. The third kappa shape index (κ3) is 4.27. The molecule has 0 aliphatic carbocycles. The third-order valence-corrected chi connectivity index (χ3v) is 2.44. The summed E-state index contributed by atoms with van der Waals surface area (Å²) in [6, 6.07) is 4.02. The molecule has 1 aromatic rings. The standard InChI is InChI=1S/C12H12F3NO3/c1-16(6-5-10(17)18)11(19)8-3-2-4-9(7-8)12(13,14)15/h2-4,7H,5-6H2,1H3,(H,17,18). The fraction of sp³-hybridized carbons (Fsp3) is 0.333. The summed E-state index contributed by atoms with van der Waals surface area (Å²) in [6.07, 6.45) is -4.78. The first-order valence-corrected chi connectivity index (χ1v) is 5.36. The summed E-state index contributed by atoms with van der Waals surface area (Å²) in [6.45, 7) is -0.0651. The van der Waals surface area contributed by atoms with E-state index in [0.717, 1.165) is 23.1 Å². The maximum atomic E-state index is 12.5. The molecule has 1 rings (SSSR count). The van der Waals surface area contributed by atoms with Gasteiger partial charge in [-0.2, -0.15) is 13.2 Å². The zero-order valence-corrected chi connectivity index (χ0v) is 10.1. The van der Waals surface area contributed by atoms with E-state index in [4.69, 9.17) is 5.11 Å². The molecule has 0 aliphatic rings. The number of nitrogens with zero attached hydrogens (tertiary/aromatic N) is 1. The number of halogens is 3. The number of benzene rings is 1. The number of carboxylic acids is 1. The lowest BCUT2D eigenvalue weighted by atomic mass is 10.1. The lowest BCUT2D eigenvalue weighted by Gasteiger charge is -2.16. The maximum Gasteiger partial charge on any atom is 0.416 e. The van der Waals surface area contributed by atoms with Crippen molar-refractivity contribution in [1.29, 1.82) is 0 Å². The van der Waals surface area contributed by atoms with Crippen molar-refractivity contribution in [3.05, 3.63) is 35.4 Å². The molecule has 1 amide bonds. The number of rotatable bonds is 4. The molecule has 0 radical (unpaired) electrons. The van der Waals surface area contributed by atoms with Gasteiger partial charge >= 0.3 is 12.1 Å². The third-order valence-electron chi connectivity index (χ3n) is 2.44. The summed E-state index contributed by atoms with van der Waals surface area (Å²) in [5, 5.41) is 8.48. The van der Waals surface area contributed by atoms with Gasteiger partial charge in [0.25, 0.3) is 5.91 Å². The van der Waals surface area contributed by atoms with Crippen LogP contribution in [0.1, 0.15) is 22.3 Å². The Morgan fingerprint density at radius 1 is 1.32 bits per heavy atom. The molecule has 1 aromatic carbocycles. The van der Waals surface area contributed by atoms with Crippen molar-refractivity contribution in [2.75, 3.05) is 13.6 Å². The van der Waals surface area contributed by atoms with Crippen molar-refractivity contribution in [1.82, 2.24) is 4.90 Å². The number of carbonyl (C=O) groups excluding carboxylic acids is 1. The number of amides is 1. The molecule has 104 valence electrons. The Labute approximate surface area is 107 Å². The minimum atomic E-state index is -4.52. The van der Waals surface area contributed by atoms with Crippen LogP contribution in [0, 0.1) is 0 Å². The Morgan fingerprint density at radius 2 is 1.95 bits per heavy atom. The number of hydrogen-bond donors (Lipinski definition) is 1. The Kier molecular flexibility index (Phi) is 4.52. The minimum Gasteiger partial charge on any atom is -0.481 e. The first-order valence-electron chi connectivity index (χ1n) is 5.36. The van der Waals surface area contributed by atoms with E-state index in [-0.39, 0.29) is 18.5 Å². The van der Waals surface area contributed by atoms with E-state index in [1.807, 2.05) is 0 Å². The van der Waals surface area contributed by atoms with Crippen molar-refractivity contribution in [3.8, 4) is 0 Å². The monoisotopic (exact) mass is 275 g/mol. The molecule has 0 saturated carbocycles. The van der Waals surface area contributed by atoms with Crippen LogP contribution in [0.2, 0.25) is 0 Å². The molecule has 0 bridgehead atoms. The molecule has 1 N–H and O–H groups in total.